The molecule has 0 saturated heterocycles. The molecule has 20 heavy (non-hydrogen) atoms. The standard InChI is InChI=1S/C14H23N5O/c1-10-8-11(2)19(16-10)14-13(9-15-6-7-20-5)12(3)17-18(14)4/h8,15H,6-7,9H2,1-5H3. The molecule has 0 amide bonds. The van der Waals surface area contributed by atoms with E-state index in [0.717, 1.165) is 36.0 Å². The Morgan fingerprint density at radius 1 is 1.25 bits per heavy atom. The zero-order valence-electron chi connectivity index (χ0n) is 12.9. The number of rotatable bonds is 6. The summed E-state index contributed by atoms with van der Waals surface area (Å²) in [5.74, 6) is 1.03. The third-order valence-electron chi connectivity index (χ3n) is 3.31. The summed E-state index contributed by atoms with van der Waals surface area (Å²) in [6.45, 7) is 8.38. The summed E-state index contributed by atoms with van der Waals surface area (Å²) >= 11 is 0. The molecule has 2 heterocycles. The first-order valence-electron chi connectivity index (χ1n) is 6.80. The van der Waals surface area contributed by atoms with Crippen molar-refractivity contribution in [3.8, 4) is 5.82 Å². The molecule has 0 aliphatic rings. The van der Waals surface area contributed by atoms with Crippen LogP contribution in [0.5, 0.6) is 0 Å². The minimum Gasteiger partial charge on any atom is -0.383 e. The van der Waals surface area contributed by atoms with Gasteiger partial charge in [-0.2, -0.15) is 10.2 Å². The summed E-state index contributed by atoms with van der Waals surface area (Å²) in [5.41, 5.74) is 4.33. The highest BCUT2D eigenvalue weighted by molar-refractivity contribution is 5.39. The predicted octanol–water partition coefficient (Wildman–Crippen LogP) is 1.27. The summed E-state index contributed by atoms with van der Waals surface area (Å²) < 4.78 is 8.90. The van der Waals surface area contributed by atoms with Crippen molar-refractivity contribution < 1.29 is 4.74 Å². The van der Waals surface area contributed by atoms with Crippen LogP contribution in [0.3, 0.4) is 0 Å². The Labute approximate surface area is 119 Å². The van der Waals surface area contributed by atoms with E-state index in [9.17, 15) is 0 Å². The van der Waals surface area contributed by atoms with Gasteiger partial charge < -0.3 is 10.1 Å². The van der Waals surface area contributed by atoms with Gasteiger partial charge in [0.25, 0.3) is 0 Å². The summed E-state index contributed by atoms with van der Waals surface area (Å²) in [6, 6.07) is 2.07. The highest BCUT2D eigenvalue weighted by atomic mass is 16.5. The lowest BCUT2D eigenvalue weighted by Gasteiger charge is -2.09. The SMILES string of the molecule is COCCNCc1c(C)nn(C)c1-n1nc(C)cc1C. The Morgan fingerprint density at radius 2 is 2.00 bits per heavy atom. The summed E-state index contributed by atoms with van der Waals surface area (Å²) in [4.78, 5) is 0. The molecule has 2 aromatic heterocycles. The maximum atomic E-state index is 5.05. The van der Waals surface area contributed by atoms with Gasteiger partial charge in [0.1, 0.15) is 0 Å². The molecule has 0 fully saturated rings. The Bertz CT molecular complexity index is 585. The second-order valence-corrected chi connectivity index (χ2v) is 5.02. The van der Waals surface area contributed by atoms with Crippen LogP contribution in [0, 0.1) is 20.8 Å². The molecular weight excluding hydrogens is 254 g/mol. The van der Waals surface area contributed by atoms with Gasteiger partial charge >= 0.3 is 0 Å². The average molecular weight is 277 g/mol. The fourth-order valence-corrected chi connectivity index (χ4v) is 2.39. The van der Waals surface area contributed by atoms with Gasteiger partial charge in [-0.1, -0.05) is 0 Å². The minimum atomic E-state index is 0.703. The fourth-order valence-electron chi connectivity index (χ4n) is 2.39. The molecule has 0 bridgehead atoms. The van der Waals surface area contributed by atoms with Gasteiger partial charge in [0.15, 0.2) is 5.82 Å². The molecule has 0 radical (unpaired) electrons. The molecule has 2 rings (SSSR count). The quantitative estimate of drug-likeness (QED) is 0.808. The van der Waals surface area contributed by atoms with E-state index in [4.69, 9.17) is 4.74 Å². The number of ether oxygens (including phenoxy) is 1. The number of methoxy groups -OCH3 is 1. The Hall–Kier alpha value is -1.66. The third kappa shape index (κ3) is 2.91. The number of hydrogen-bond donors (Lipinski definition) is 1. The number of nitrogens with one attached hydrogen (secondary N) is 1. The van der Waals surface area contributed by atoms with Crippen LogP contribution in [0.15, 0.2) is 6.07 Å². The normalized spacial score (nSPS) is 11.2. The molecule has 1 N–H and O–H groups in total. The van der Waals surface area contributed by atoms with E-state index in [1.54, 1.807) is 7.11 Å². The van der Waals surface area contributed by atoms with Gasteiger partial charge in [-0.05, 0) is 26.8 Å². The number of aryl methyl sites for hydroxylation is 4. The van der Waals surface area contributed by atoms with E-state index in [1.165, 1.54) is 5.56 Å². The van der Waals surface area contributed by atoms with Crippen LogP contribution >= 0.6 is 0 Å². The van der Waals surface area contributed by atoms with Gasteiger partial charge in [0.05, 0.1) is 18.0 Å². The van der Waals surface area contributed by atoms with Gasteiger partial charge in [0.2, 0.25) is 0 Å². The van der Waals surface area contributed by atoms with E-state index >= 15 is 0 Å². The maximum absolute atomic E-state index is 5.05. The number of nitrogens with zero attached hydrogens (tertiary/aromatic N) is 4. The van der Waals surface area contributed by atoms with Crippen LogP contribution in [0.25, 0.3) is 5.82 Å². The molecule has 0 aliphatic carbocycles. The lowest BCUT2D eigenvalue weighted by Crippen LogP contribution is -2.20. The van der Waals surface area contributed by atoms with Crippen LogP contribution in [0.4, 0.5) is 0 Å². The number of aromatic nitrogens is 4. The molecule has 2 aromatic rings. The number of hydrogen-bond acceptors (Lipinski definition) is 4. The molecule has 0 atom stereocenters. The smallest absolute Gasteiger partial charge is 0.156 e. The second kappa shape index (κ2) is 6.19. The highest BCUT2D eigenvalue weighted by Gasteiger charge is 2.17. The van der Waals surface area contributed by atoms with Gasteiger partial charge in [-0.25, -0.2) is 4.68 Å². The largest absolute Gasteiger partial charge is 0.383 e. The summed E-state index contributed by atoms with van der Waals surface area (Å²) in [7, 11) is 3.66. The first-order chi connectivity index (χ1) is 9.54. The van der Waals surface area contributed by atoms with E-state index in [1.807, 2.05) is 30.3 Å². The maximum Gasteiger partial charge on any atom is 0.156 e. The lowest BCUT2D eigenvalue weighted by molar-refractivity contribution is 0.199. The monoisotopic (exact) mass is 277 g/mol. The second-order valence-electron chi connectivity index (χ2n) is 5.02. The van der Waals surface area contributed by atoms with E-state index in [0.29, 0.717) is 6.61 Å². The summed E-state index contributed by atoms with van der Waals surface area (Å²) in [5, 5.41) is 12.5. The zero-order valence-corrected chi connectivity index (χ0v) is 12.9. The fraction of sp³-hybridized carbons (Fsp3) is 0.571. The Balaban J connectivity index is 2.30. The minimum absolute atomic E-state index is 0.703. The van der Waals surface area contributed by atoms with Crippen molar-refractivity contribution in [2.45, 2.75) is 27.3 Å². The van der Waals surface area contributed by atoms with Gasteiger partial charge in [-0.15, -0.1) is 0 Å². The summed E-state index contributed by atoms with van der Waals surface area (Å²) in [6.07, 6.45) is 0. The third-order valence-corrected chi connectivity index (χ3v) is 3.31. The van der Waals surface area contributed by atoms with Crippen molar-refractivity contribution in [1.29, 1.82) is 0 Å². The Kier molecular flexibility index (Phi) is 4.57. The molecule has 110 valence electrons. The van der Waals surface area contributed by atoms with Crippen molar-refractivity contribution >= 4 is 0 Å². The van der Waals surface area contributed by atoms with Crippen molar-refractivity contribution in [3.63, 3.8) is 0 Å². The van der Waals surface area contributed by atoms with E-state index < -0.39 is 0 Å². The van der Waals surface area contributed by atoms with Crippen LogP contribution in [0.2, 0.25) is 0 Å². The molecule has 0 aromatic carbocycles. The van der Waals surface area contributed by atoms with Crippen LogP contribution in [0.1, 0.15) is 22.6 Å². The van der Waals surface area contributed by atoms with Crippen LogP contribution in [-0.4, -0.2) is 39.8 Å². The van der Waals surface area contributed by atoms with Crippen molar-refractivity contribution in [2.24, 2.45) is 7.05 Å². The van der Waals surface area contributed by atoms with Crippen molar-refractivity contribution in [2.75, 3.05) is 20.3 Å². The first kappa shape index (κ1) is 14.7. The first-order valence-corrected chi connectivity index (χ1v) is 6.80. The van der Waals surface area contributed by atoms with Crippen LogP contribution in [-0.2, 0) is 18.3 Å². The lowest BCUT2D eigenvalue weighted by atomic mass is 10.2. The van der Waals surface area contributed by atoms with Gasteiger partial charge in [-0.3, -0.25) is 4.68 Å². The highest BCUT2D eigenvalue weighted by Crippen LogP contribution is 2.19. The molecule has 0 unspecified atom stereocenters. The van der Waals surface area contributed by atoms with Crippen molar-refractivity contribution in [1.82, 2.24) is 24.9 Å². The molecule has 6 nitrogen and oxygen atoms in total. The average Bonchev–Trinajstić information content (AvgIpc) is 2.84. The van der Waals surface area contributed by atoms with E-state index in [-0.39, 0.29) is 0 Å². The molecular formula is C14H23N5O. The zero-order chi connectivity index (χ0) is 14.7. The molecule has 0 saturated carbocycles. The predicted molar refractivity (Wildman–Crippen MR) is 78.1 cm³/mol. The van der Waals surface area contributed by atoms with Crippen molar-refractivity contribution in [3.05, 3.63) is 28.7 Å². The van der Waals surface area contributed by atoms with Gasteiger partial charge in [0, 0.05) is 38.5 Å². The topological polar surface area (TPSA) is 56.9 Å². The molecule has 6 heteroatoms. The Morgan fingerprint density at radius 3 is 2.60 bits per heavy atom. The van der Waals surface area contributed by atoms with Crippen LogP contribution < -0.4 is 5.32 Å². The molecule has 0 aliphatic heterocycles. The van der Waals surface area contributed by atoms with E-state index in [2.05, 4.69) is 28.5 Å². The molecule has 0 spiro atoms.